The summed E-state index contributed by atoms with van der Waals surface area (Å²) in [7, 11) is 0. The summed E-state index contributed by atoms with van der Waals surface area (Å²) in [6, 6.07) is 6.30. The fourth-order valence-corrected chi connectivity index (χ4v) is 2.11. The van der Waals surface area contributed by atoms with Gasteiger partial charge < -0.3 is 5.11 Å². The highest BCUT2D eigenvalue weighted by atomic mass is 16.3. The lowest BCUT2D eigenvalue weighted by Crippen LogP contribution is -2.21. The lowest BCUT2D eigenvalue weighted by molar-refractivity contribution is 0.0439. The van der Waals surface area contributed by atoms with Gasteiger partial charge in [0.05, 0.1) is 5.60 Å². The molecule has 0 spiro atoms. The molecule has 0 radical (unpaired) electrons. The van der Waals surface area contributed by atoms with Crippen LogP contribution in [0, 0.1) is 19.8 Å². The highest BCUT2D eigenvalue weighted by Gasteiger charge is 2.28. The van der Waals surface area contributed by atoms with Crippen LogP contribution in [0.3, 0.4) is 0 Å². The molecule has 0 aliphatic heterocycles. The molecule has 1 fully saturated rings. The van der Waals surface area contributed by atoms with Crippen LogP contribution in [0.2, 0.25) is 0 Å². The van der Waals surface area contributed by atoms with Gasteiger partial charge in [-0.05, 0) is 56.2 Å². The number of benzene rings is 1. The Labute approximate surface area is 98.5 Å². The Balaban J connectivity index is 2.09. The summed E-state index contributed by atoms with van der Waals surface area (Å²) in [6.07, 6.45) is 4.78. The molecule has 2 rings (SSSR count). The Bertz CT molecular complexity index is 375. The van der Waals surface area contributed by atoms with Gasteiger partial charge in [-0.3, -0.25) is 0 Å². The zero-order chi connectivity index (χ0) is 11.8. The molecule has 0 saturated heterocycles. The molecular weight excluding hydrogens is 196 g/mol. The number of rotatable bonds is 4. The summed E-state index contributed by atoms with van der Waals surface area (Å²) in [5.74, 6) is 0.887. The molecule has 1 aliphatic rings. The van der Waals surface area contributed by atoms with E-state index in [9.17, 15) is 5.11 Å². The van der Waals surface area contributed by atoms with E-state index in [2.05, 4.69) is 32.0 Å². The first-order chi connectivity index (χ1) is 7.49. The number of aliphatic hydroxyl groups is 1. The summed E-state index contributed by atoms with van der Waals surface area (Å²) in [5, 5.41) is 10.5. The van der Waals surface area contributed by atoms with E-state index in [1.807, 2.05) is 6.92 Å². The van der Waals surface area contributed by atoms with Crippen LogP contribution >= 0.6 is 0 Å². The van der Waals surface area contributed by atoms with Gasteiger partial charge in [0.1, 0.15) is 0 Å². The molecule has 1 nitrogen and oxygen atoms in total. The van der Waals surface area contributed by atoms with Crippen molar-refractivity contribution >= 4 is 0 Å². The van der Waals surface area contributed by atoms with Gasteiger partial charge in [-0.2, -0.15) is 0 Å². The molecule has 0 heterocycles. The van der Waals surface area contributed by atoms with Gasteiger partial charge in [0.15, 0.2) is 0 Å². The van der Waals surface area contributed by atoms with E-state index in [-0.39, 0.29) is 0 Å². The van der Waals surface area contributed by atoms with E-state index >= 15 is 0 Å². The minimum Gasteiger partial charge on any atom is -0.385 e. The van der Waals surface area contributed by atoms with Crippen molar-refractivity contribution < 1.29 is 5.11 Å². The van der Waals surface area contributed by atoms with Gasteiger partial charge in [0.2, 0.25) is 0 Å². The lowest BCUT2D eigenvalue weighted by atomic mass is 9.88. The van der Waals surface area contributed by atoms with Crippen LogP contribution in [0.15, 0.2) is 18.2 Å². The topological polar surface area (TPSA) is 20.2 Å². The Morgan fingerprint density at radius 1 is 1.25 bits per heavy atom. The smallest absolute Gasteiger partial charge is 0.0868 e. The molecule has 1 aromatic rings. The lowest BCUT2D eigenvalue weighted by Gasteiger charge is -2.24. The zero-order valence-corrected chi connectivity index (χ0v) is 10.6. The molecule has 0 amide bonds. The second-order valence-corrected chi connectivity index (χ2v) is 5.55. The van der Waals surface area contributed by atoms with Crippen molar-refractivity contribution in [2.24, 2.45) is 5.92 Å². The molecule has 1 atom stereocenters. The molecule has 0 aromatic heterocycles. The third-order valence-corrected chi connectivity index (χ3v) is 3.87. The maximum absolute atomic E-state index is 10.5. The maximum atomic E-state index is 10.5. The predicted octanol–water partition coefficient (Wildman–Crippen LogP) is 3.70. The summed E-state index contributed by atoms with van der Waals surface area (Å²) in [5.41, 5.74) is 2.98. The van der Waals surface area contributed by atoms with Crippen LogP contribution in [0.25, 0.3) is 0 Å². The monoisotopic (exact) mass is 218 g/mol. The third-order valence-electron chi connectivity index (χ3n) is 3.87. The van der Waals surface area contributed by atoms with Crippen LogP contribution in [0.1, 0.15) is 49.3 Å². The van der Waals surface area contributed by atoms with Crippen molar-refractivity contribution in [3.05, 3.63) is 34.9 Å². The van der Waals surface area contributed by atoms with E-state index in [1.165, 1.54) is 30.4 Å². The molecule has 1 aliphatic carbocycles. The van der Waals surface area contributed by atoms with Gasteiger partial charge in [-0.1, -0.05) is 31.0 Å². The molecule has 1 aromatic carbocycles. The zero-order valence-electron chi connectivity index (χ0n) is 10.6. The van der Waals surface area contributed by atoms with Crippen LogP contribution in [0.4, 0.5) is 0 Å². The first-order valence-corrected chi connectivity index (χ1v) is 6.29. The minimum absolute atomic E-state index is 0.652. The summed E-state index contributed by atoms with van der Waals surface area (Å²) >= 11 is 0. The highest BCUT2D eigenvalue weighted by Crippen LogP contribution is 2.38. The van der Waals surface area contributed by atoms with E-state index < -0.39 is 5.60 Å². The molecule has 1 unspecified atom stereocenters. The van der Waals surface area contributed by atoms with Crippen LogP contribution in [-0.4, -0.2) is 5.11 Å². The first kappa shape index (κ1) is 11.7. The summed E-state index contributed by atoms with van der Waals surface area (Å²) in [6.45, 7) is 6.16. The van der Waals surface area contributed by atoms with Crippen molar-refractivity contribution in [1.29, 1.82) is 0 Å². The number of hydrogen-bond acceptors (Lipinski definition) is 1. The van der Waals surface area contributed by atoms with Gasteiger partial charge in [-0.25, -0.2) is 0 Å². The van der Waals surface area contributed by atoms with Gasteiger partial charge in [0.25, 0.3) is 0 Å². The van der Waals surface area contributed by atoms with Gasteiger partial charge in [0, 0.05) is 0 Å². The van der Waals surface area contributed by atoms with Gasteiger partial charge in [-0.15, -0.1) is 0 Å². The highest BCUT2D eigenvalue weighted by molar-refractivity contribution is 5.32. The van der Waals surface area contributed by atoms with Crippen molar-refractivity contribution in [1.82, 2.24) is 0 Å². The Hall–Kier alpha value is -0.820. The van der Waals surface area contributed by atoms with Crippen molar-refractivity contribution in [2.75, 3.05) is 0 Å². The Kier molecular flexibility index (Phi) is 3.07. The fraction of sp³-hybridized carbons (Fsp3) is 0.600. The quantitative estimate of drug-likeness (QED) is 0.817. The molecule has 1 heteroatoms. The fourth-order valence-electron chi connectivity index (χ4n) is 2.11. The summed E-state index contributed by atoms with van der Waals surface area (Å²) in [4.78, 5) is 0. The van der Waals surface area contributed by atoms with E-state index in [1.54, 1.807) is 0 Å². The van der Waals surface area contributed by atoms with Crippen molar-refractivity contribution in [2.45, 2.75) is 52.1 Å². The molecule has 16 heavy (non-hydrogen) atoms. The maximum Gasteiger partial charge on any atom is 0.0868 e. The minimum atomic E-state index is -0.652. The third kappa shape index (κ3) is 2.65. The Morgan fingerprint density at radius 2 is 1.94 bits per heavy atom. The molecular formula is C15H22O. The average Bonchev–Trinajstić information content (AvgIpc) is 3.03. The number of hydrogen-bond donors (Lipinski definition) is 1. The van der Waals surface area contributed by atoms with Crippen molar-refractivity contribution in [3.8, 4) is 0 Å². The Morgan fingerprint density at radius 3 is 2.50 bits per heavy atom. The second-order valence-electron chi connectivity index (χ2n) is 5.55. The van der Waals surface area contributed by atoms with E-state index in [4.69, 9.17) is 0 Å². The van der Waals surface area contributed by atoms with Crippen molar-refractivity contribution in [3.63, 3.8) is 0 Å². The van der Waals surface area contributed by atoms with Crippen LogP contribution in [-0.2, 0) is 5.60 Å². The predicted molar refractivity (Wildman–Crippen MR) is 67.4 cm³/mol. The van der Waals surface area contributed by atoms with E-state index in [0.717, 1.165) is 17.9 Å². The van der Waals surface area contributed by atoms with Crippen LogP contribution in [0.5, 0.6) is 0 Å². The average molecular weight is 218 g/mol. The van der Waals surface area contributed by atoms with Crippen LogP contribution < -0.4 is 0 Å². The number of aryl methyl sites for hydroxylation is 2. The normalized spacial score (nSPS) is 19.5. The first-order valence-electron chi connectivity index (χ1n) is 6.29. The standard InChI is InChI=1S/C15H22O/c1-11-4-7-14(10-12(11)2)15(3,16)9-8-13-5-6-13/h4,7,10,13,16H,5-6,8-9H2,1-3H3. The molecule has 1 N–H and O–H groups in total. The van der Waals surface area contributed by atoms with Gasteiger partial charge >= 0.3 is 0 Å². The summed E-state index contributed by atoms with van der Waals surface area (Å²) < 4.78 is 0. The van der Waals surface area contributed by atoms with E-state index in [0.29, 0.717) is 0 Å². The molecule has 88 valence electrons. The second kappa shape index (κ2) is 4.21. The molecule has 1 saturated carbocycles. The molecule has 0 bridgehead atoms. The SMILES string of the molecule is Cc1ccc(C(C)(O)CCC2CC2)cc1C. The largest absolute Gasteiger partial charge is 0.385 e.